The predicted molar refractivity (Wildman–Crippen MR) is 84.6 cm³/mol. The van der Waals surface area contributed by atoms with Gasteiger partial charge in [0.1, 0.15) is 0 Å². The van der Waals surface area contributed by atoms with Gasteiger partial charge in [-0.3, -0.25) is 4.72 Å². The monoisotopic (exact) mass is 294 g/mol. The highest BCUT2D eigenvalue weighted by Crippen LogP contribution is 2.20. The second-order valence-corrected chi connectivity index (χ2v) is 6.98. The van der Waals surface area contributed by atoms with Gasteiger partial charge in [0.15, 0.2) is 0 Å². The quantitative estimate of drug-likeness (QED) is 0.791. The van der Waals surface area contributed by atoms with Gasteiger partial charge in [0.25, 0.3) is 0 Å². The predicted octanol–water partition coefficient (Wildman–Crippen LogP) is 3.36. The SMILES string of the molecule is CS(=O)(=O)Nc1ccc(NCCC2=CCCCC2)cc1. The molecule has 0 aromatic heterocycles. The van der Waals surface area contributed by atoms with Crippen LogP contribution in [0.3, 0.4) is 0 Å². The zero-order valence-electron chi connectivity index (χ0n) is 11.9. The molecule has 5 heteroatoms. The lowest BCUT2D eigenvalue weighted by Gasteiger charge is -2.13. The maximum atomic E-state index is 11.1. The van der Waals surface area contributed by atoms with Gasteiger partial charge in [0, 0.05) is 17.9 Å². The molecule has 110 valence electrons. The standard InChI is InChI=1S/C15H22N2O2S/c1-20(18,19)17-15-9-7-14(8-10-15)16-12-11-13-5-3-2-4-6-13/h5,7-10,16-17H,2-4,6,11-12H2,1H3. The molecule has 1 aliphatic carbocycles. The number of allylic oxidation sites excluding steroid dienone is 1. The lowest BCUT2D eigenvalue weighted by atomic mass is 9.97. The number of benzene rings is 1. The number of anilines is 2. The Morgan fingerprint density at radius 3 is 2.40 bits per heavy atom. The van der Waals surface area contributed by atoms with Crippen LogP contribution in [0.2, 0.25) is 0 Å². The first kappa shape index (κ1) is 14.9. The fourth-order valence-corrected chi connectivity index (χ4v) is 2.93. The highest BCUT2D eigenvalue weighted by atomic mass is 32.2. The Labute approximate surface area is 121 Å². The van der Waals surface area contributed by atoms with Crippen LogP contribution >= 0.6 is 0 Å². The summed E-state index contributed by atoms with van der Waals surface area (Å²) in [7, 11) is -3.20. The zero-order chi connectivity index (χ0) is 14.4. The van der Waals surface area contributed by atoms with Crippen molar-refractivity contribution in [2.24, 2.45) is 0 Å². The summed E-state index contributed by atoms with van der Waals surface area (Å²) in [4.78, 5) is 0. The molecule has 0 saturated carbocycles. The van der Waals surface area contributed by atoms with Gasteiger partial charge in [-0.1, -0.05) is 11.6 Å². The van der Waals surface area contributed by atoms with Crippen LogP contribution in [0, 0.1) is 0 Å². The minimum absolute atomic E-state index is 0.591. The molecular weight excluding hydrogens is 272 g/mol. The van der Waals surface area contributed by atoms with Crippen LogP contribution in [0.1, 0.15) is 32.1 Å². The first-order chi connectivity index (χ1) is 9.53. The average molecular weight is 294 g/mol. The zero-order valence-corrected chi connectivity index (χ0v) is 12.7. The van der Waals surface area contributed by atoms with Crippen molar-refractivity contribution in [3.8, 4) is 0 Å². The number of hydrogen-bond donors (Lipinski definition) is 2. The van der Waals surface area contributed by atoms with E-state index in [0.717, 1.165) is 24.9 Å². The van der Waals surface area contributed by atoms with Gasteiger partial charge in [0.2, 0.25) is 10.0 Å². The van der Waals surface area contributed by atoms with Gasteiger partial charge >= 0.3 is 0 Å². The summed E-state index contributed by atoms with van der Waals surface area (Å²) < 4.78 is 24.7. The van der Waals surface area contributed by atoms with Crippen LogP contribution in [0.15, 0.2) is 35.9 Å². The van der Waals surface area contributed by atoms with Gasteiger partial charge < -0.3 is 5.32 Å². The molecule has 1 aromatic rings. The molecule has 20 heavy (non-hydrogen) atoms. The van der Waals surface area contributed by atoms with E-state index in [2.05, 4.69) is 16.1 Å². The summed E-state index contributed by atoms with van der Waals surface area (Å²) in [5.41, 5.74) is 3.16. The molecule has 0 aliphatic heterocycles. The van der Waals surface area contributed by atoms with E-state index in [9.17, 15) is 8.42 Å². The van der Waals surface area contributed by atoms with Crippen molar-refractivity contribution >= 4 is 21.4 Å². The van der Waals surface area contributed by atoms with E-state index in [1.807, 2.05) is 12.1 Å². The summed E-state index contributed by atoms with van der Waals surface area (Å²) in [6, 6.07) is 7.32. The van der Waals surface area contributed by atoms with Crippen LogP contribution < -0.4 is 10.0 Å². The molecule has 0 bridgehead atoms. The molecule has 1 aliphatic rings. The summed E-state index contributed by atoms with van der Waals surface area (Å²) >= 11 is 0. The molecule has 0 fully saturated rings. The third kappa shape index (κ3) is 5.25. The maximum absolute atomic E-state index is 11.1. The van der Waals surface area contributed by atoms with E-state index in [0.29, 0.717) is 5.69 Å². The van der Waals surface area contributed by atoms with Crippen LogP contribution in [0.25, 0.3) is 0 Å². The summed E-state index contributed by atoms with van der Waals surface area (Å²) in [6.45, 7) is 0.921. The summed E-state index contributed by atoms with van der Waals surface area (Å²) in [5, 5.41) is 3.36. The van der Waals surface area contributed by atoms with Crippen molar-refractivity contribution in [2.45, 2.75) is 32.1 Å². The van der Waals surface area contributed by atoms with Crippen molar-refractivity contribution in [3.63, 3.8) is 0 Å². The van der Waals surface area contributed by atoms with E-state index in [1.165, 1.54) is 25.7 Å². The highest BCUT2D eigenvalue weighted by molar-refractivity contribution is 7.92. The molecule has 2 rings (SSSR count). The third-order valence-electron chi connectivity index (χ3n) is 3.35. The van der Waals surface area contributed by atoms with Crippen molar-refractivity contribution in [1.82, 2.24) is 0 Å². The van der Waals surface area contributed by atoms with E-state index >= 15 is 0 Å². The average Bonchev–Trinajstić information content (AvgIpc) is 2.40. The van der Waals surface area contributed by atoms with Gasteiger partial charge in [-0.25, -0.2) is 8.42 Å². The summed E-state index contributed by atoms with van der Waals surface area (Å²) in [5.74, 6) is 0. The van der Waals surface area contributed by atoms with Gasteiger partial charge in [-0.2, -0.15) is 0 Å². The number of nitrogens with one attached hydrogen (secondary N) is 2. The minimum atomic E-state index is -3.20. The van der Waals surface area contributed by atoms with Crippen molar-refractivity contribution in [2.75, 3.05) is 22.8 Å². The van der Waals surface area contributed by atoms with E-state index in [4.69, 9.17) is 0 Å². The maximum Gasteiger partial charge on any atom is 0.229 e. The van der Waals surface area contributed by atoms with Gasteiger partial charge in [-0.15, -0.1) is 0 Å². The first-order valence-corrected chi connectivity index (χ1v) is 8.92. The van der Waals surface area contributed by atoms with Crippen LogP contribution in [0.4, 0.5) is 11.4 Å². The minimum Gasteiger partial charge on any atom is -0.385 e. The van der Waals surface area contributed by atoms with Crippen molar-refractivity contribution in [1.29, 1.82) is 0 Å². The molecule has 1 aromatic carbocycles. The summed E-state index contributed by atoms with van der Waals surface area (Å²) in [6.07, 6.45) is 9.70. The fraction of sp³-hybridized carbons (Fsp3) is 0.467. The van der Waals surface area contributed by atoms with Crippen LogP contribution in [-0.2, 0) is 10.0 Å². The highest BCUT2D eigenvalue weighted by Gasteiger charge is 2.04. The Morgan fingerprint density at radius 1 is 1.10 bits per heavy atom. The van der Waals surface area contributed by atoms with E-state index < -0.39 is 10.0 Å². The Balaban J connectivity index is 1.80. The van der Waals surface area contributed by atoms with Gasteiger partial charge in [-0.05, 0) is 56.4 Å². The number of hydrogen-bond acceptors (Lipinski definition) is 3. The molecule has 0 heterocycles. The molecule has 0 unspecified atom stereocenters. The Morgan fingerprint density at radius 2 is 1.80 bits per heavy atom. The molecule has 0 radical (unpaired) electrons. The largest absolute Gasteiger partial charge is 0.385 e. The van der Waals surface area contributed by atoms with Crippen molar-refractivity contribution in [3.05, 3.63) is 35.9 Å². The third-order valence-corrected chi connectivity index (χ3v) is 3.95. The second kappa shape index (κ2) is 6.79. The smallest absolute Gasteiger partial charge is 0.229 e. The first-order valence-electron chi connectivity index (χ1n) is 7.02. The van der Waals surface area contributed by atoms with E-state index in [1.54, 1.807) is 17.7 Å². The molecule has 0 atom stereocenters. The molecule has 2 N–H and O–H groups in total. The molecule has 4 nitrogen and oxygen atoms in total. The molecular formula is C15H22N2O2S. The topological polar surface area (TPSA) is 58.2 Å². The van der Waals surface area contributed by atoms with Crippen LogP contribution in [0.5, 0.6) is 0 Å². The van der Waals surface area contributed by atoms with Gasteiger partial charge in [0.05, 0.1) is 6.26 Å². The van der Waals surface area contributed by atoms with Crippen LogP contribution in [-0.4, -0.2) is 21.2 Å². The van der Waals surface area contributed by atoms with Crippen molar-refractivity contribution < 1.29 is 8.42 Å². The lowest BCUT2D eigenvalue weighted by Crippen LogP contribution is -2.09. The second-order valence-electron chi connectivity index (χ2n) is 5.24. The Hall–Kier alpha value is -1.49. The van der Waals surface area contributed by atoms with E-state index in [-0.39, 0.29) is 0 Å². The molecule has 0 amide bonds. The number of sulfonamides is 1. The fourth-order valence-electron chi connectivity index (χ4n) is 2.37. The number of rotatable bonds is 6. The lowest BCUT2D eigenvalue weighted by molar-refractivity contribution is 0.607. The Kier molecular flexibility index (Phi) is 5.06. The molecule has 0 spiro atoms. The normalized spacial score (nSPS) is 15.6. The molecule has 0 saturated heterocycles. The Bertz CT molecular complexity index is 562.